The van der Waals surface area contributed by atoms with E-state index < -0.39 is 0 Å². The van der Waals surface area contributed by atoms with Gasteiger partial charge in [-0.05, 0) is 95.4 Å². The van der Waals surface area contributed by atoms with Gasteiger partial charge in [-0.3, -0.25) is 4.90 Å². The molecule has 3 rings (SSSR count). The normalized spacial score (nSPS) is 24.2. The van der Waals surface area contributed by atoms with E-state index in [1.54, 1.807) is 12.1 Å². The lowest BCUT2D eigenvalue weighted by Gasteiger charge is -2.52. The predicted octanol–water partition coefficient (Wildman–Crippen LogP) is 4.26. The molecule has 1 saturated carbocycles. The van der Waals surface area contributed by atoms with Gasteiger partial charge >= 0.3 is 0 Å². The minimum Gasteiger partial charge on any atom is -0.304 e. The van der Waals surface area contributed by atoms with Crippen LogP contribution >= 0.6 is 0 Å². The summed E-state index contributed by atoms with van der Waals surface area (Å²) in [7, 11) is 4.36. The summed E-state index contributed by atoms with van der Waals surface area (Å²) in [6, 6.07) is 7.22. The number of piperidine rings is 1. The number of hydrogen-bond donors (Lipinski definition) is 0. The summed E-state index contributed by atoms with van der Waals surface area (Å²) >= 11 is 0. The van der Waals surface area contributed by atoms with E-state index in [1.165, 1.54) is 63.7 Å². The van der Waals surface area contributed by atoms with E-state index in [2.05, 4.69) is 30.8 Å². The van der Waals surface area contributed by atoms with Gasteiger partial charge in [0.25, 0.3) is 0 Å². The van der Waals surface area contributed by atoms with Crippen LogP contribution in [0.15, 0.2) is 24.3 Å². The highest BCUT2D eigenvalue weighted by atomic mass is 19.1. The molecular weight excluding hydrogens is 287 g/mol. The lowest BCUT2D eigenvalue weighted by atomic mass is 9.61. The average molecular weight is 318 g/mol. The molecule has 23 heavy (non-hydrogen) atoms. The second-order valence-corrected chi connectivity index (χ2v) is 7.87. The molecule has 2 aliphatic rings. The molecule has 1 aromatic carbocycles. The molecule has 2 fully saturated rings. The van der Waals surface area contributed by atoms with Crippen molar-refractivity contribution >= 4 is 0 Å². The van der Waals surface area contributed by atoms with E-state index in [4.69, 9.17) is 0 Å². The summed E-state index contributed by atoms with van der Waals surface area (Å²) < 4.78 is 13.3. The van der Waals surface area contributed by atoms with Crippen LogP contribution in [0.1, 0.15) is 51.0 Å². The van der Waals surface area contributed by atoms with Crippen molar-refractivity contribution < 1.29 is 4.39 Å². The summed E-state index contributed by atoms with van der Waals surface area (Å²) in [6.07, 6.45) is 7.71. The first-order chi connectivity index (χ1) is 11.0. The first-order valence-electron chi connectivity index (χ1n) is 9.16. The second kappa shape index (κ2) is 6.52. The first-order valence-corrected chi connectivity index (χ1v) is 9.16. The molecule has 1 spiro atoms. The van der Waals surface area contributed by atoms with Crippen LogP contribution in [0.25, 0.3) is 0 Å². The largest absolute Gasteiger partial charge is 0.304 e. The van der Waals surface area contributed by atoms with Gasteiger partial charge in [0, 0.05) is 5.54 Å². The summed E-state index contributed by atoms with van der Waals surface area (Å²) in [5, 5.41) is 0. The van der Waals surface area contributed by atoms with Crippen molar-refractivity contribution in [2.24, 2.45) is 5.41 Å². The van der Waals surface area contributed by atoms with Crippen LogP contribution in [0.2, 0.25) is 0 Å². The Morgan fingerprint density at radius 1 is 0.957 bits per heavy atom. The molecule has 1 aliphatic carbocycles. The minimum absolute atomic E-state index is 0.0842. The minimum atomic E-state index is -0.137. The highest BCUT2D eigenvalue weighted by molar-refractivity contribution is 5.26. The third kappa shape index (κ3) is 3.18. The number of halogens is 1. The standard InChI is InChI=1S/C20H31FN2/c1-4-23-15-13-19(14-16-23)9-11-20(12-10-19,22(2)3)17-5-7-18(21)8-6-17/h5-8H,4,9-16H2,1-3H3. The van der Waals surface area contributed by atoms with Gasteiger partial charge < -0.3 is 4.90 Å². The molecule has 2 nitrogen and oxygen atoms in total. The van der Waals surface area contributed by atoms with Crippen LogP contribution in [-0.4, -0.2) is 43.5 Å². The number of likely N-dealkylation sites (tertiary alicyclic amines) is 1. The molecule has 0 amide bonds. The van der Waals surface area contributed by atoms with Gasteiger partial charge in [-0.2, -0.15) is 0 Å². The Hall–Kier alpha value is -0.930. The first kappa shape index (κ1) is 16.9. The fourth-order valence-electron chi connectivity index (χ4n) is 4.79. The van der Waals surface area contributed by atoms with Crippen LogP contribution in [0.4, 0.5) is 4.39 Å². The SMILES string of the molecule is CCN1CCC2(CC1)CCC(c1ccc(F)cc1)(N(C)C)CC2. The van der Waals surface area contributed by atoms with E-state index in [0.717, 1.165) is 0 Å². The highest BCUT2D eigenvalue weighted by Crippen LogP contribution is 2.52. The van der Waals surface area contributed by atoms with Crippen LogP contribution in [-0.2, 0) is 5.54 Å². The van der Waals surface area contributed by atoms with Crippen molar-refractivity contribution in [3.63, 3.8) is 0 Å². The van der Waals surface area contributed by atoms with Gasteiger partial charge in [-0.15, -0.1) is 0 Å². The number of hydrogen-bond acceptors (Lipinski definition) is 2. The molecule has 1 aliphatic heterocycles. The Kier molecular flexibility index (Phi) is 4.80. The Morgan fingerprint density at radius 3 is 2.00 bits per heavy atom. The summed E-state index contributed by atoms with van der Waals surface area (Å²) in [5.74, 6) is -0.137. The molecule has 1 heterocycles. The molecule has 0 unspecified atom stereocenters. The van der Waals surface area contributed by atoms with Gasteiger partial charge in [-0.25, -0.2) is 4.39 Å². The summed E-state index contributed by atoms with van der Waals surface area (Å²) in [6.45, 7) is 5.99. The van der Waals surface area contributed by atoms with Crippen LogP contribution < -0.4 is 0 Å². The molecule has 0 aromatic heterocycles. The Bertz CT molecular complexity index is 505. The molecule has 0 bridgehead atoms. The smallest absolute Gasteiger partial charge is 0.123 e. The van der Waals surface area contributed by atoms with Crippen LogP contribution in [0, 0.1) is 11.2 Å². The third-order valence-corrected chi connectivity index (χ3v) is 6.74. The third-order valence-electron chi connectivity index (χ3n) is 6.74. The van der Waals surface area contributed by atoms with E-state index in [9.17, 15) is 4.39 Å². The Morgan fingerprint density at radius 2 is 1.52 bits per heavy atom. The number of nitrogens with zero attached hydrogens (tertiary/aromatic N) is 2. The molecule has 3 heteroatoms. The van der Waals surface area contributed by atoms with E-state index in [1.807, 2.05) is 12.1 Å². The zero-order chi connectivity index (χ0) is 16.5. The zero-order valence-electron chi connectivity index (χ0n) is 14.9. The molecule has 0 radical (unpaired) electrons. The van der Waals surface area contributed by atoms with E-state index in [0.29, 0.717) is 5.41 Å². The Balaban J connectivity index is 1.75. The van der Waals surface area contributed by atoms with Gasteiger partial charge in [0.2, 0.25) is 0 Å². The lowest BCUT2D eigenvalue weighted by molar-refractivity contribution is -0.00123. The summed E-state index contributed by atoms with van der Waals surface area (Å²) in [5.41, 5.74) is 1.93. The molecule has 0 N–H and O–H groups in total. The van der Waals surface area contributed by atoms with Crippen molar-refractivity contribution in [1.29, 1.82) is 0 Å². The fourth-order valence-corrected chi connectivity index (χ4v) is 4.79. The average Bonchev–Trinajstić information content (AvgIpc) is 2.57. The van der Waals surface area contributed by atoms with Crippen LogP contribution in [0.3, 0.4) is 0 Å². The van der Waals surface area contributed by atoms with Crippen molar-refractivity contribution in [3.8, 4) is 0 Å². The van der Waals surface area contributed by atoms with Crippen molar-refractivity contribution in [3.05, 3.63) is 35.6 Å². The van der Waals surface area contributed by atoms with Crippen molar-refractivity contribution in [2.75, 3.05) is 33.7 Å². The number of benzene rings is 1. The molecule has 1 saturated heterocycles. The van der Waals surface area contributed by atoms with Crippen LogP contribution in [0.5, 0.6) is 0 Å². The number of rotatable bonds is 3. The maximum absolute atomic E-state index is 13.3. The topological polar surface area (TPSA) is 6.48 Å². The van der Waals surface area contributed by atoms with Crippen molar-refractivity contribution in [2.45, 2.75) is 51.0 Å². The van der Waals surface area contributed by atoms with Gasteiger partial charge in [-0.1, -0.05) is 19.1 Å². The molecule has 1 aromatic rings. The quantitative estimate of drug-likeness (QED) is 0.821. The second-order valence-electron chi connectivity index (χ2n) is 7.87. The maximum atomic E-state index is 13.3. The summed E-state index contributed by atoms with van der Waals surface area (Å²) in [4.78, 5) is 4.95. The fraction of sp³-hybridized carbons (Fsp3) is 0.700. The maximum Gasteiger partial charge on any atom is 0.123 e. The molecule has 0 atom stereocenters. The van der Waals surface area contributed by atoms with E-state index >= 15 is 0 Å². The predicted molar refractivity (Wildman–Crippen MR) is 94.0 cm³/mol. The zero-order valence-corrected chi connectivity index (χ0v) is 14.9. The monoisotopic (exact) mass is 318 g/mol. The molecule has 128 valence electrons. The molecular formula is C20H31FN2. The van der Waals surface area contributed by atoms with Gasteiger partial charge in [0.15, 0.2) is 0 Å². The Labute approximate surface area is 140 Å². The van der Waals surface area contributed by atoms with Crippen molar-refractivity contribution in [1.82, 2.24) is 9.80 Å². The van der Waals surface area contributed by atoms with Gasteiger partial charge in [0.1, 0.15) is 5.82 Å². The van der Waals surface area contributed by atoms with Gasteiger partial charge in [0.05, 0.1) is 0 Å². The lowest BCUT2D eigenvalue weighted by Crippen LogP contribution is -2.49. The van der Waals surface area contributed by atoms with E-state index in [-0.39, 0.29) is 11.4 Å². The highest BCUT2D eigenvalue weighted by Gasteiger charge is 2.45.